The molecule has 3 heterocycles. The topological polar surface area (TPSA) is 41.9 Å². The number of pyridine rings is 1. The molecule has 0 radical (unpaired) electrons. The zero-order valence-electron chi connectivity index (χ0n) is 17.2. The molecular formula is C24H28N4. The van der Waals surface area contributed by atoms with Gasteiger partial charge in [-0.15, -0.1) is 0 Å². The van der Waals surface area contributed by atoms with Crippen molar-refractivity contribution in [3.8, 4) is 11.3 Å². The summed E-state index contributed by atoms with van der Waals surface area (Å²) in [4.78, 5) is 16.6. The van der Waals surface area contributed by atoms with Gasteiger partial charge in [-0.05, 0) is 18.6 Å². The van der Waals surface area contributed by atoms with Crippen LogP contribution in [-0.4, -0.2) is 26.4 Å². The molecule has 0 amide bonds. The van der Waals surface area contributed by atoms with Crippen molar-refractivity contribution in [3.63, 3.8) is 0 Å². The molecule has 0 N–H and O–H groups in total. The van der Waals surface area contributed by atoms with Crippen molar-refractivity contribution in [2.24, 2.45) is 0 Å². The van der Waals surface area contributed by atoms with Gasteiger partial charge >= 0.3 is 0 Å². The van der Waals surface area contributed by atoms with E-state index in [0.29, 0.717) is 0 Å². The minimum Gasteiger partial charge on any atom is -0.294 e. The Kier molecular flexibility index (Phi) is 4.98. The highest BCUT2D eigenvalue weighted by atomic mass is 15.1. The molecule has 0 spiro atoms. The minimum absolute atomic E-state index is 0.00295. The van der Waals surface area contributed by atoms with E-state index in [1.807, 2.05) is 12.4 Å². The number of aryl methyl sites for hydroxylation is 1. The summed E-state index contributed by atoms with van der Waals surface area (Å²) in [6.45, 7) is 11.4. The Hall–Kier alpha value is -2.59. The van der Waals surface area contributed by atoms with Gasteiger partial charge in [0.1, 0.15) is 5.82 Å². The van der Waals surface area contributed by atoms with Gasteiger partial charge in [-0.1, -0.05) is 56.7 Å². The second kappa shape index (κ2) is 7.44. The normalized spacial score (nSPS) is 14.7. The summed E-state index contributed by atoms with van der Waals surface area (Å²) in [5.74, 6) is 0.940. The van der Waals surface area contributed by atoms with Gasteiger partial charge in [-0.2, -0.15) is 0 Å². The van der Waals surface area contributed by atoms with Crippen LogP contribution in [0, 0.1) is 6.92 Å². The van der Waals surface area contributed by atoms with Crippen molar-refractivity contribution < 1.29 is 0 Å². The van der Waals surface area contributed by atoms with Crippen LogP contribution < -0.4 is 0 Å². The molecule has 0 saturated carbocycles. The summed E-state index contributed by atoms with van der Waals surface area (Å²) >= 11 is 0. The second-order valence-electron chi connectivity index (χ2n) is 8.79. The van der Waals surface area contributed by atoms with Gasteiger partial charge in [0.25, 0.3) is 0 Å². The first-order chi connectivity index (χ1) is 13.4. The second-order valence-corrected chi connectivity index (χ2v) is 8.79. The Morgan fingerprint density at radius 1 is 0.964 bits per heavy atom. The molecule has 1 aliphatic heterocycles. The Morgan fingerprint density at radius 2 is 1.75 bits per heavy atom. The van der Waals surface area contributed by atoms with Crippen molar-refractivity contribution in [1.82, 2.24) is 19.9 Å². The first-order valence-electron chi connectivity index (χ1n) is 9.98. The lowest BCUT2D eigenvalue weighted by Crippen LogP contribution is -2.32. The molecule has 3 aromatic rings. The molecule has 0 atom stereocenters. The average Bonchev–Trinajstić information content (AvgIpc) is 2.68. The maximum absolute atomic E-state index is 4.83. The number of nitrogens with zero attached hydrogens (tertiary/aromatic N) is 4. The number of fused-ring (bicyclic) bond motifs is 1. The molecule has 0 saturated heterocycles. The van der Waals surface area contributed by atoms with E-state index >= 15 is 0 Å². The standard InChI is InChI=1S/C24H28N4/c1-17-5-8-19(9-6-17)21-10-7-18(13-25-21)15-28-12-11-22-20(16-28)14-26-23(27-22)24(2,3)4/h5-10,13-14H,11-12,15-16H2,1-4H3. The van der Waals surface area contributed by atoms with Crippen LogP contribution in [0.2, 0.25) is 0 Å². The van der Waals surface area contributed by atoms with Gasteiger partial charge in [0.05, 0.1) is 5.69 Å². The largest absolute Gasteiger partial charge is 0.294 e. The number of rotatable bonds is 3. The van der Waals surface area contributed by atoms with Gasteiger partial charge in [-0.25, -0.2) is 9.97 Å². The average molecular weight is 373 g/mol. The molecule has 4 nitrogen and oxygen atoms in total. The molecule has 2 aromatic heterocycles. The molecule has 0 fully saturated rings. The van der Waals surface area contributed by atoms with E-state index in [2.05, 4.69) is 79.0 Å². The van der Waals surface area contributed by atoms with Crippen LogP contribution in [0.5, 0.6) is 0 Å². The van der Waals surface area contributed by atoms with Gasteiger partial charge < -0.3 is 0 Å². The van der Waals surface area contributed by atoms with Crippen LogP contribution in [0.3, 0.4) is 0 Å². The first kappa shape index (κ1) is 18.8. The molecule has 4 heteroatoms. The third-order valence-corrected chi connectivity index (χ3v) is 5.26. The number of hydrogen-bond donors (Lipinski definition) is 0. The van der Waals surface area contributed by atoms with Crippen molar-refractivity contribution in [1.29, 1.82) is 0 Å². The van der Waals surface area contributed by atoms with Crippen LogP contribution in [0.1, 0.15) is 49.0 Å². The van der Waals surface area contributed by atoms with Gasteiger partial charge in [-0.3, -0.25) is 9.88 Å². The van der Waals surface area contributed by atoms with Crippen molar-refractivity contribution >= 4 is 0 Å². The fourth-order valence-electron chi connectivity index (χ4n) is 3.54. The summed E-state index contributed by atoms with van der Waals surface area (Å²) in [5.41, 5.74) is 7.16. The van der Waals surface area contributed by atoms with Crippen LogP contribution in [-0.2, 0) is 24.9 Å². The molecule has 0 unspecified atom stereocenters. The fourth-order valence-corrected chi connectivity index (χ4v) is 3.54. The number of benzene rings is 1. The number of hydrogen-bond acceptors (Lipinski definition) is 4. The van der Waals surface area contributed by atoms with Gasteiger partial charge in [0.2, 0.25) is 0 Å². The van der Waals surface area contributed by atoms with Crippen LogP contribution in [0.25, 0.3) is 11.3 Å². The summed E-state index contributed by atoms with van der Waals surface area (Å²) in [5, 5.41) is 0. The van der Waals surface area contributed by atoms with E-state index in [4.69, 9.17) is 4.98 Å². The van der Waals surface area contributed by atoms with E-state index in [9.17, 15) is 0 Å². The van der Waals surface area contributed by atoms with Crippen LogP contribution in [0.4, 0.5) is 0 Å². The van der Waals surface area contributed by atoms with Crippen molar-refractivity contribution in [2.75, 3.05) is 6.54 Å². The molecule has 4 rings (SSSR count). The van der Waals surface area contributed by atoms with E-state index in [1.165, 1.54) is 22.4 Å². The first-order valence-corrected chi connectivity index (χ1v) is 9.98. The highest BCUT2D eigenvalue weighted by Crippen LogP contribution is 2.24. The highest BCUT2D eigenvalue weighted by Gasteiger charge is 2.22. The lowest BCUT2D eigenvalue weighted by Gasteiger charge is -2.29. The summed E-state index contributed by atoms with van der Waals surface area (Å²) in [6, 6.07) is 12.8. The summed E-state index contributed by atoms with van der Waals surface area (Å²) in [6.07, 6.45) is 5.01. The summed E-state index contributed by atoms with van der Waals surface area (Å²) in [7, 11) is 0. The molecule has 0 aliphatic carbocycles. The lowest BCUT2D eigenvalue weighted by molar-refractivity contribution is 0.242. The Bertz CT molecular complexity index is 953. The monoisotopic (exact) mass is 372 g/mol. The van der Waals surface area contributed by atoms with Gasteiger partial charge in [0, 0.05) is 60.7 Å². The lowest BCUT2D eigenvalue weighted by atomic mass is 9.95. The van der Waals surface area contributed by atoms with E-state index < -0.39 is 0 Å². The minimum atomic E-state index is -0.00295. The smallest absolute Gasteiger partial charge is 0.133 e. The third-order valence-electron chi connectivity index (χ3n) is 5.26. The zero-order valence-corrected chi connectivity index (χ0v) is 17.2. The predicted molar refractivity (Wildman–Crippen MR) is 113 cm³/mol. The Labute approximate surface area is 167 Å². The summed E-state index contributed by atoms with van der Waals surface area (Å²) < 4.78 is 0. The molecule has 1 aromatic carbocycles. The fraction of sp³-hybridized carbons (Fsp3) is 0.375. The highest BCUT2D eigenvalue weighted by molar-refractivity contribution is 5.59. The van der Waals surface area contributed by atoms with Crippen molar-refractivity contribution in [3.05, 3.63) is 77.0 Å². The van der Waals surface area contributed by atoms with Crippen molar-refractivity contribution in [2.45, 2.75) is 52.6 Å². The quantitative estimate of drug-likeness (QED) is 0.668. The van der Waals surface area contributed by atoms with Gasteiger partial charge in [0.15, 0.2) is 0 Å². The van der Waals surface area contributed by atoms with Crippen LogP contribution >= 0.6 is 0 Å². The van der Waals surface area contributed by atoms with E-state index in [1.54, 1.807) is 0 Å². The Morgan fingerprint density at radius 3 is 2.43 bits per heavy atom. The maximum Gasteiger partial charge on any atom is 0.133 e. The third kappa shape index (κ3) is 4.12. The predicted octanol–water partition coefficient (Wildman–Crippen LogP) is 4.70. The van der Waals surface area contributed by atoms with E-state index in [0.717, 1.165) is 43.1 Å². The molecule has 28 heavy (non-hydrogen) atoms. The zero-order chi connectivity index (χ0) is 19.7. The maximum atomic E-state index is 4.83. The number of aromatic nitrogens is 3. The molecule has 1 aliphatic rings. The molecular weight excluding hydrogens is 344 g/mol. The molecule has 0 bridgehead atoms. The van der Waals surface area contributed by atoms with Crippen LogP contribution in [0.15, 0.2) is 48.8 Å². The van der Waals surface area contributed by atoms with E-state index in [-0.39, 0.29) is 5.41 Å². The molecule has 144 valence electrons. The SMILES string of the molecule is Cc1ccc(-c2ccc(CN3CCc4nc(C(C)(C)C)ncc4C3)cn2)cc1. The Balaban J connectivity index is 1.43.